The van der Waals surface area contributed by atoms with E-state index in [-0.39, 0.29) is 17.4 Å². The van der Waals surface area contributed by atoms with Crippen LogP contribution in [0.1, 0.15) is 44.4 Å². The van der Waals surface area contributed by atoms with Crippen LogP contribution in [0.15, 0.2) is 54.1 Å². The molecular formula is C26H31NO6. The lowest BCUT2D eigenvalue weighted by molar-refractivity contribution is -0.140. The van der Waals surface area contributed by atoms with E-state index in [0.717, 1.165) is 5.56 Å². The topological polar surface area (TPSA) is 85.3 Å². The van der Waals surface area contributed by atoms with Gasteiger partial charge < -0.3 is 24.2 Å². The highest BCUT2D eigenvalue weighted by molar-refractivity contribution is 6.46. The number of amides is 1. The highest BCUT2D eigenvalue weighted by atomic mass is 16.5. The van der Waals surface area contributed by atoms with Crippen LogP contribution < -0.4 is 9.47 Å². The van der Waals surface area contributed by atoms with Crippen LogP contribution in [0.4, 0.5) is 0 Å². The van der Waals surface area contributed by atoms with E-state index in [4.69, 9.17) is 14.2 Å². The van der Waals surface area contributed by atoms with Crippen molar-refractivity contribution < 1.29 is 28.9 Å². The van der Waals surface area contributed by atoms with E-state index < -0.39 is 17.7 Å². The van der Waals surface area contributed by atoms with E-state index >= 15 is 0 Å². The SMILES string of the molecule is CCOc1ccc(/C(O)=C2/C(=O)C(=O)N(CCCOC)C2c2ccc(OC(C)C)cc2)cc1. The third-order valence-corrected chi connectivity index (χ3v) is 5.29. The number of hydrogen-bond donors (Lipinski definition) is 1. The first-order chi connectivity index (χ1) is 15.9. The van der Waals surface area contributed by atoms with Crippen LogP contribution in [0.3, 0.4) is 0 Å². The van der Waals surface area contributed by atoms with Crippen LogP contribution >= 0.6 is 0 Å². The van der Waals surface area contributed by atoms with Crippen molar-refractivity contribution in [3.8, 4) is 11.5 Å². The molecule has 0 saturated carbocycles. The number of likely N-dealkylation sites (tertiary alicyclic amines) is 1. The van der Waals surface area contributed by atoms with Gasteiger partial charge >= 0.3 is 0 Å². The zero-order chi connectivity index (χ0) is 24.0. The minimum Gasteiger partial charge on any atom is -0.507 e. The van der Waals surface area contributed by atoms with E-state index in [9.17, 15) is 14.7 Å². The van der Waals surface area contributed by atoms with Crippen molar-refractivity contribution in [3.05, 3.63) is 65.2 Å². The van der Waals surface area contributed by atoms with Gasteiger partial charge in [0.05, 0.1) is 24.3 Å². The second-order valence-electron chi connectivity index (χ2n) is 8.03. The van der Waals surface area contributed by atoms with Crippen molar-refractivity contribution in [2.45, 2.75) is 39.3 Å². The Morgan fingerprint density at radius 3 is 2.24 bits per heavy atom. The lowest BCUT2D eigenvalue weighted by Crippen LogP contribution is -2.31. The van der Waals surface area contributed by atoms with E-state index in [0.29, 0.717) is 43.2 Å². The highest BCUT2D eigenvalue weighted by Gasteiger charge is 2.45. The molecule has 33 heavy (non-hydrogen) atoms. The van der Waals surface area contributed by atoms with Crippen molar-refractivity contribution in [2.24, 2.45) is 0 Å². The smallest absolute Gasteiger partial charge is 0.295 e. The van der Waals surface area contributed by atoms with Crippen LogP contribution in [-0.2, 0) is 14.3 Å². The number of nitrogens with zero attached hydrogens (tertiary/aromatic N) is 1. The van der Waals surface area contributed by atoms with Gasteiger partial charge in [-0.25, -0.2) is 0 Å². The molecule has 176 valence electrons. The molecule has 1 saturated heterocycles. The molecule has 1 atom stereocenters. The fourth-order valence-corrected chi connectivity index (χ4v) is 3.87. The minimum absolute atomic E-state index is 0.0233. The quantitative estimate of drug-likeness (QED) is 0.249. The Bertz CT molecular complexity index is 994. The number of carbonyl (C=O) groups is 2. The van der Waals surface area contributed by atoms with Crippen LogP contribution in [0.5, 0.6) is 11.5 Å². The summed E-state index contributed by atoms with van der Waals surface area (Å²) in [4.78, 5) is 27.5. The van der Waals surface area contributed by atoms with Crippen molar-refractivity contribution in [1.82, 2.24) is 4.90 Å². The molecule has 1 amide bonds. The standard InChI is InChI=1S/C26H31NO6/c1-5-32-20-11-9-19(10-12-20)24(28)22-23(18-7-13-21(14-8-18)33-17(2)3)27(15-6-16-31-4)26(30)25(22)29/h7-14,17,23,28H,5-6,15-16H2,1-4H3/b24-22-. The number of benzene rings is 2. The Labute approximate surface area is 194 Å². The normalized spacial score (nSPS) is 17.6. The predicted molar refractivity (Wildman–Crippen MR) is 125 cm³/mol. The summed E-state index contributed by atoms with van der Waals surface area (Å²) in [5, 5.41) is 11.1. The number of Topliss-reactive ketones (excluding diaryl/α,β-unsaturated/α-hetero) is 1. The molecule has 0 bridgehead atoms. The van der Waals surface area contributed by atoms with Crippen LogP contribution in [0.2, 0.25) is 0 Å². The van der Waals surface area contributed by atoms with E-state index in [2.05, 4.69) is 0 Å². The number of hydrogen-bond acceptors (Lipinski definition) is 6. The van der Waals surface area contributed by atoms with Gasteiger partial charge in [0.25, 0.3) is 11.7 Å². The van der Waals surface area contributed by atoms with Crippen LogP contribution in [-0.4, -0.2) is 54.7 Å². The minimum atomic E-state index is -0.707. The zero-order valence-electron chi connectivity index (χ0n) is 19.5. The maximum Gasteiger partial charge on any atom is 0.295 e. The Balaban J connectivity index is 2.04. The molecule has 0 radical (unpaired) electrons. The average molecular weight is 454 g/mol. The van der Waals surface area contributed by atoms with E-state index in [1.54, 1.807) is 31.4 Å². The molecule has 0 aromatic heterocycles. The number of rotatable bonds is 10. The monoisotopic (exact) mass is 453 g/mol. The van der Waals surface area contributed by atoms with Crippen molar-refractivity contribution in [1.29, 1.82) is 0 Å². The third-order valence-electron chi connectivity index (χ3n) is 5.29. The summed E-state index contributed by atoms with van der Waals surface area (Å²) in [7, 11) is 1.59. The Kier molecular flexibility index (Phi) is 8.11. The average Bonchev–Trinajstić information content (AvgIpc) is 3.05. The summed E-state index contributed by atoms with van der Waals surface area (Å²) in [5.41, 5.74) is 1.23. The Morgan fingerprint density at radius 2 is 1.67 bits per heavy atom. The lowest BCUT2D eigenvalue weighted by Gasteiger charge is -2.25. The lowest BCUT2D eigenvalue weighted by atomic mass is 9.95. The van der Waals surface area contributed by atoms with Gasteiger partial charge in [-0.15, -0.1) is 0 Å². The molecule has 1 aliphatic heterocycles. The maximum absolute atomic E-state index is 13.0. The number of aliphatic hydroxyl groups excluding tert-OH is 1. The van der Waals surface area contributed by atoms with Gasteiger partial charge in [-0.2, -0.15) is 0 Å². The van der Waals surface area contributed by atoms with Crippen LogP contribution in [0, 0.1) is 0 Å². The van der Waals surface area contributed by atoms with Gasteiger partial charge in [0.15, 0.2) is 0 Å². The molecule has 3 rings (SSSR count). The predicted octanol–water partition coefficient (Wildman–Crippen LogP) is 4.33. The fraction of sp³-hybridized carbons (Fsp3) is 0.385. The summed E-state index contributed by atoms with van der Waals surface area (Å²) < 4.78 is 16.3. The molecular weight excluding hydrogens is 422 g/mol. The number of aliphatic hydroxyl groups is 1. The van der Waals surface area contributed by atoms with Crippen molar-refractivity contribution >= 4 is 17.4 Å². The zero-order valence-corrected chi connectivity index (χ0v) is 19.5. The van der Waals surface area contributed by atoms with Gasteiger partial charge in [-0.05, 0) is 69.2 Å². The van der Waals surface area contributed by atoms with Gasteiger partial charge in [-0.3, -0.25) is 9.59 Å². The second-order valence-corrected chi connectivity index (χ2v) is 8.03. The summed E-state index contributed by atoms with van der Waals surface area (Å²) >= 11 is 0. The van der Waals surface area contributed by atoms with Gasteiger partial charge in [0.2, 0.25) is 0 Å². The summed E-state index contributed by atoms with van der Waals surface area (Å²) in [5.74, 6) is -0.196. The molecule has 1 aliphatic rings. The molecule has 7 heteroatoms. The molecule has 1 heterocycles. The number of carbonyl (C=O) groups excluding carboxylic acids is 2. The first-order valence-corrected chi connectivity index (χ1v) is 11.1. The third kappa shape index (κ3) is 5.54. The summed E-state index contributed by atoms with van der Waals surface area (Å²) in [6, 6.07) is 13.3. The van der Waals surface area contributed by atoms with Crippen molar-refractivity contribution in [2.75, 3.05) is 26.9 Å². The molecule has 0 spiro atoms. The maximum atomic E-state index is 13.0. The van der Waals surface area contributed by atoms with E-state index in [1.807, 2.05) is 45.0 Å². The Hall–Kier alpha value is -3.32. The molecule has 2 aromatic carbocycles. The first-order valence-electron chi connectivity index (χ1n) is 11.1. The van der Waals surface area contributed by atoms with Gasteiger partial charge in [-0.1, -0.05) is 12.1 Å². The first kappa shape index (κ1) is 24.3. The molecule has 7 nitrogen and oxygen atoms in total. The largest absolute Gasteiger partial charge is 0.507 e. The number of methoxy groups -OCH3 is 1. The molecule has 1 fully saturated rings. The van der Waals surface area contributed by atoms with Crippen LogP contribution in [0.25, 0.3) is 5.76 Å². The molecule has 2 aromatic rings. The van der Waals surface area contributed by atoms with E-state index in [1.165, 1.54) is 4.90 Å². The summed E-state index contributed by atoms with van der Waals surface area (Å²) in [6.07, 6.45) is 0.590. The molecule has 0 aliphatic carbocycles. The van der Waals surface area contributed by atoms with Gasteiger partial charge in [0, 0.05) is 25.8 Å². The molecule has 1 unspecified atom stereocenters. The fourth-order valence-electron chi connectivity index (χ4n) is 3.87. The summed E-state index contributed by atoms with van der Waals surface area (Å²) in [6.45, 7) is 7.07. The molecule has 1 N–H and O–H groups in total. The number of ketones is 1. The Morgan fingerprint density at radius 1 is 1.03 bits per heavy atom. The van der Waals surface area contributed by atoms with Gasteiger partial charge in [0.1, 0.15) is 17.3 Å². The number of ether oxygens (including phenoxy) is 3. The second kappa shape index (κ2) is 11.0. The van der Waals surface area contributed by atoms with Crippen molar-refractivity contribution in [3.63, 3.8) is 0 Å². The highest BCUT2D eigenvalue weighted by Crippen LogP contribution is 2.40.